The maximum Gasteiger partial charge on any atom is 0.218 e. The van der Waals surface area contributed by atoms with Gasteiger partial charge in [-0.2, -0.15) is 4.31 Å². The molecule has 5 heteroatoms. The van der Waals surface area contributed by atoms with Crippen molar-refractivity contribution in [2.75, 3.05) is 19.6 Å². The number of sulfonamides is 1. The largest absolute Gasteiger partial charge is 0.315 e. The first-order valence-electron chi connectivity index (χ1n) is 7.23. The molecule has 4 nitrogen and oxygen atoms in total. The molecule has 1 atom stereocenters. The van der Waals surface area contributed by atoms with Gasteiger partial charge in [0, 0.05) is 19.1 Å². The van der Waals surface area contributed by atoms with E-state index in [1.807, 2.05) is 4.31 Å². The van der Waals surface area contributed by atoms with Crippen LogP contribution in [0, 0.1) is 5.92 Å². The molecule has 1 aliphatic heterocycles. The van der Waals surface area contributed by atoms with E-state index in [9.17, 15) is 8.42 Å². The second-order valence-electron chi connectivity index (χ2n) is 6.06. The molecule has 106 valence electrons. The van der Waals surface area contributed by atoms with Gasteiger partial charge in [-0.3, -0.25) is 0 Å². The summed E-state index contributed by atoms with van der Waals surface area (Å²) in [5.74, 6) is 0.398. The first-order chi connectivity index (χ1) is 8.51. The maximum absolute atomic E-state index is 12.7. The smallest absolute Gasteiger partial charge is 0.218 e. The Kier molecular flexibility index (Phi) is 4.67. The Hall–Kier alpha value is -0.130. The minimum atomic E-state index is -3.11. The van der Waals surface area contributed by atoms with Crippen LogP contribution in [0.4, 0.5) is 0 Å². The van der Waals surface area contributed by atoms with Gasteiger partial charge in [-0.05, 0) is 31.7 Å². The van der Waals surface area contributed by atoms with Crippen molar-refractivity contribution in [1.29, 1.82) is 0 Å². The third kappa shape index (κ3) is 3.06. The van der Waals surface area contributed by atoms with Gasteiger partial charge < -0.3 is 5.32 Å². The molecule has 2 rings (SSSR count). The van der Waals surface area contributed by atoms with Crippen molar-refractivity contribution in [2.24, 2.45) is 5.92 Å². The quantitative estimate of drug-likeness (QED) is 0.828. The van der Waals surface area contributed by atoms with Crippen molar-refractivity contribution < 1.29 is 8.42 Å². The maximum atomic E-state index is 12.7. The minimum Gasteiger partial charge on any atom is -0.315 e. The molecule has 0 spiro atoms. The van der Waals surface area contributed by atoms with E-state index in [4.69, 9.17) is 0 Å². The third-order valence-electron chi connectivity index (χ3n) is 4.04. The molecule has 0 bridgehead atoms. The van der Waals surface area contributed by atoms with Crippen LogP contribution in [-0.2, 0) is 10.0 Å². The van der Waals surface area contributed by atoms with Crippen molar-refractivity contribution >= 4 is 10.0 Å². The molecule has 1 saturated carbocycles. The highest BCUT2D eigenvalue weighted by atomic mass is 32.2. The lowest BCUT2D eigenvalue weighted by molar-refractivity contribution is 0.289. The average molecular weight is 274 g/mol. The van der Waals surface area contributed by atoms with Gasteiger partial charge in [0.25, 0.3) is 0 Å². The lowest BCUT2D eigenvalue weighted by Gasteiger charge is -2.31. The van der Waals surface area contributed by atoms with Gasteiger partial charge in [0.15, 0.2) is 0 Å². The summed E-state index contributed by atoms with van der Waals surface area (Å²) in [7, 11) is -3.11. The summed E-state index contributed by atoms with van der Waals surface area (Å²) >= 11 is 0. The summed E-state index contributed by atoms with van der Waals surface area (Å²) in [4.78, 5) is 0. The fourth-order valence-electron chi connectivity index (χ4n) is 3.09. The number of nitrogens with one attached hydrogen (secondary N) is 1. The predicted octanol–water partition coefficient (Wildman–Crippen LogP) is 1.58. The van der Waals surface area contributed by atoms with Crippen LogP contribution in [0.15, 0.2) is 0 Å². The van der Waals surface area contributed by atoms with E-state index in [0.717, 1.165) is 25.8 Å². The molecule has 0 aromatic rings. The summed E-state index contributed by atoms with van der Waals surface area (Å²) < 4.78 is 27.3. The molecule has 18 heavy (non-hydrogen) atoms. The number of nitrogens with zero attached hydrogens (tertiary/aromatic N) is 1. The fraction of sp³-hybridized carbons (Fsp3) is 1.00. The predicted molar refractivity (Wildman–Crippen MR) is 74.0 cm³/mol. The van der Waals surface area contributed by atoms with Gasteiger partial charge in [-0.25, -0.2) is 8.42 Å². The zero-order chi connectivity index (χ0) is 13.2. The van der Waals surface area contributed by atoms with Crippen LogP contribution in [0.3, 0.4) is 0 Å². The Bertz CT molecular complexity index is 355. The molecule has 0 aromatic carbocycles. The summed E-state index contributed by atoms with van der Waals surface area (Å²) in [5.41, 5.74) is 0. The molecule has 0 aromatic heterocycles. The van der Waals surface area contributed by atoms with Crippen molar-refractivity contribution in [1.82, 2.24) is 9.62 Å². The highest BCUT2D eigenvalue weighted by Crippen LogP contribution is 2.29. The average Bonchev–Trinajstić information content (AvgIpc) is 2.98. The topological polar surface area (TPSA) is 49.4 Å². The van der Waals surface area contributed by atoms with Gasteiger partial charge in [-0.1, -0.05) is 26.7 Å². The van der Waals surface area contributed by atoms with E-state index in [0.29, 0.717) is 19.0 Å². The Morgan fingerprint density at radius 1 is 1.22 bits per heavy atom. The van der Waals surface area contributed by atoms with Crippen molar-refractivity contribution in [3.63, 3.8) is 0 Å². The summed E-state index contributed by atoms with van der Waals surface area (Å²) in [6.45, 7) is 6.35. The lowest BCUT2D eigenvalue weighted by atomic mass is 10.2. The number of hydrogen-bond acceptors (Lipinski definition) is 3. The van der Waals surface area contributed by atoms with Gasteiger partial charge in [0.1, 0.15) is 0 Å². The minimum absolute atomic E-state index is 0.197. The van der Waals surface area contributed by atoms with E-state index in [1.54, 1.807) is 0 Å². The Labute approximate surface area is 111 Å². The molecule has 1 saturated heterocycles. The van der Waals surface area contributed by atoms with E-state index < -0.39 is 10.0 Å². The normalized spacial score (nSPS) is 26.6. The molecule has 2 aliphatic rings. The highest BCUT2D eigenvalue weighted by Gasteiger charge is 2.38. The van der Waals surface area contributed by atoms with Crippen molar-refractivity contribution in [3.8, 4) is 0 Å². The van der Waals surface area contributed by atoms with Crippen LogP contribution in [0.2, 0.25) is 0 Å². The molecule has 1 heterocycles. The van der Waals surface area contributed by atoms with Crippen LogP contribution in [0.1, 0.15) is 46.0 Å². The van der Waals surface area contributed by atoms with Crippen LogP contribution < -0.4 is 5.32 Å². The summed E-state index contributed by atoms with van der Waals surface area (Å²) in [6, 6.07) is 0.262. The van der Waals surface area contributed by atoms with Crippen LogP contribution in [0.25, 0.3) is 0 Å². The second-order valence-corrected chi connectivity index (χ2v) is 8.23. The zero-order valence-corrected chi connectivity index (χ0v) is 12.4. The van der Waals surface area contributed by atoms with Crippen molar-refractivity contribution in [3.05, 3.63) is 0 Å². The monoisotopic (exact) mass is 274 g/mol. The molecule has 1 N–H and O–H groups in total. The van der Waals surface area contributed by atoms with E-state index in [2.05, 4.69) is 19.2 Å². The highest BCUT2D eigenvalue weighted by molar-refractivity contribution is 7.89. The SMILES string of the molecule is CC(C)CN(C1CCCC1)S(=O)(=O)C1CCNC1. The van der Waals surface area contributed by atoms with Gasteiger partial charge in [-0.15, -0.1) is 0 Å². The van der Waals surface area contributed by atoms with Crippen LogP contribution in [0.5, 0.6) is 0 Å². The van der Waals surface area contributed by atoms with Crippen LogP contribution in [-0.4, -0.2) is 43.6 Å². The van der Waals surface area contributed by atoms with Gasteiger partial charge in [0.2, 0.25) is 10.0 Å². The first-order valence-corrected chi connectivity index (χ1v) is 8.73. The zero-order valence-electron chi connectivity index (χ0n) is 11.6. The third-order valence-corrected chi connectivity index (χ3v) is 6.39. The van der Waals surface area contributed by atoms with Gasteiger partial charge >= 0.3 is 0 Å². The van der Waals surface area contributed by atoms with Gasteiger partial charge in [0.05, 0.1) is 5.25 Å². The number of rotatable bonds is 5. The van der Waals surface area contributed by atoms with E-state index in [-0.39, 0.29) is 11.3 Å². The second kappa shape index (κ2) is 5.88. The standard InChI is InChI=1S/C13H26N2O2S/c1-11(2)10-15(12-5-3-4-6-12)18(16,17)13-7-8-14-9-13/h11-14H,3-10H2,1-2H3. The first kappa shape index (κ1) is 14.3. The molecule has 0 radical (unpaired) electrons. The molecular formula is C13H26N2O2S. The Balaban J connectivity index is 2.15. The van der Waals surface area contributed by atoms with E-state index in [1.165, 1.54) is 12.8 Å². The summed E-state index contributed by atoms with van der Waals surface area (Å²) in [6.07, 6.45) is 5.22. The Morgan fingerprint density at radius 2 is 1.89 bits per heavy atom. The molecular weight excluding hydrogens is 248 g/mol. The number of hydrogen-bond donors (Lipinski definition) is 1. The fourth-order valence-corrected chi connectivity index (χ4v) is 5.35. The van der Waals surface area contributed by atoms with Crippen LogP contribution >= 0.6 is 0 Å². The molecule has 1 unspecified atom stereocenters. The molecule has 1 aliphatic carbocycles. The molecule has 0 amide bonds. The molecule has 2 fully saturated rings. The van der Waals surface area contributed by atoms with Crippen molar-refractivity contribution in [2.45, 2.75) is 57.2 Å². The lowest BCUT2D eigenvalue weighted by Crippen LogP contribution is -2.46. The Morgan fingerprint density at radius 3 is 2.39 bits per heavy atom. The summed E-state index contributed by atoms with van der Waals surface area (Å²) in [5, 5.41) is 2.97. The van der Waals surface area contributed by atoms with E-state index >= 15 is 0 Å².